The molecule has 0 saturated carbocycles. The minimum absolute atomic E-state index is 0.0246. The number of nitrogens with two attached hydrogens (primary N) is 2. The molecule has 4 N–H and O–H groups in total. The summed E-state index contributed by atoms with van der Waals surface area (Å²) in [6.07, 6.45) is 5.85. The Labute approximate surface area is 216 Å². The number of aromatic nitrogens is 1. The molecule has 0 radical (unpaired) electrons. The zero-order valence-electron chi connectivity index (χ0n) is 20.7. The first-order valence-electron chi connectivity index (χ1n) is 12.2. The third kappa shape index (κ3) is 5.39. The van der Waals surface area contributed by atoms with E-state index in [1.165, 1.54) is 0 Å². The molecule has 2 aromatic carbocycles. The molecular formula is C28H31N5O2S. The van der Waals surface area contributed by atoms with Crippen LogP contribution in [0, 0.1) is 4.64 Å². The standard InChI is InChI=1S/C28H31N5O2S/c1-3-10-32(11-4-2)27(35)22-14-21-6-5-19(15-24(21)31-25(29)16-22)18-7-8-23-20(13-18)9-12-33(28(23)36)17-26(30)34/h5-9,12-15H,3-4,10-11,16-17H2,1-2H3,(H2,29,31)(H2,30,34). The van der Waals surface area contributed by atoms with Gasteiger partial charge in [0, 0.05) is 42.2 Å². The molecule has 0 bridgehead atoms. The smallest absolute Gasteiger partial charge is 0.250 e. The fourth-order valence-corrected chi connectivity index (χ4v) is 4.84. The number of pyridine rings is 1. The quantitative estimate of drug-likeness (QED) is 0.426. The molecule has 0 aliphatic carbocycles. The SMILES string of the molecule is CCCN(CCC)C(=O)C1=Cc2ccc(-c3ccc4c(=S)n(CC(N)=O)ccc4c3)cc2N=C(N)C1. The third-order valence-corrected chi connectivity index (χ3v) is 6.64. The van der Waals surface area contributed by atoms with Crippen molar-refractivity contribution >= 4 is 52.4 Å². The van der Waals surface area contributed by atoms with Gasteiger partial charge < -0.3 is 20.9 Å². The predicted octanol–water partition coefficient (Wildman–Crippen LogP) is 4.95. The van der Waals surface area contributed by atoms with Crippen LogP contribution in [0.2, 0.25) is 0 Å². The molecule has 7 nitrogen and oxygen atoms in total. The number of aliphatic imine (C=N–C) groups is 1. The summed E-state index contributed by atoms with van der Waals surface area (Å²) in [5.41, 5.74) is 15.8. The van der Waals surface area contributed by atoms with Gasteiger partial charge in [-0.3, -0.25) is 9.59 Å². The highest BCUT2D eigenvalue weighted by molar-refractivity contribution is 7.71. The maximum atomic E-state index is 13.2. The van der Waals surface area contributed by atoms with Gasteiger partial charge in [-0.2, -0.15) is 0 Å². The number of hydrogen-bond donors (Lipinski definition) is 2. The average molecular weight is 502 g/mol. The Hall–Kier alpha value is -3.78. The molecular weight excluding hydrogens is 470 g/mol. The van der Waals surface area contributed by atoms with Crippen LogP contribution in [0.4, 0.5) is 5.69 Å². The van der Waals surface area contributed by atoms with Gasteiger partial charge in [0.15, 0.2) is 0 Å². The summed E-state index contributed by atoms with van der Waals surface area (Å²) in [5, 5.41) is 1.85. The molecule has 186 valence electrons. The largest absolute Gasteiger partial charge is 0.387 e. The van der Waals surface area contributed by atoms with Crippen molar-refractivity contribution < 1.29 is 9.59 Å². The van der Waals surface area contributed by atoms with Crippen molar-refractivity contribution in [3.05, 3.63) is 64.4 Å². The van der Waals surface area contributed by atoms with Gasteiger partial charge in [0.2, 0.25) is 11.8 Å². The van der Waals surface area contributed by atoms with E-state index < -0.39 is 5.91 Å². The number of hydrogen-bond acceptors (Lipinski definition) is 5. The molecule has 1 aliphatic rings. The summed E-state index contributed by atoms with van der Waals surface area (Å²) in [5.74, 6) is 0.0116. The first-order valence-corrected chi connectivity index (χ1v) is 12.6. The number of nitrogens with zero attached hydrogens (tertiary/aromatic N) is 3. The molecule has 1 aliphatic heterocycles. The Morgan fingerprint density at radius 2 is 1.75 bits per heavy atom. The Bertz CT molecular complexity index is 1450. The van der Waals surface area contributed by atoms with E-state index in [1.54, 1.807) is 10.8 Å². The van der Waals surface area contributed by atoms with E-state index in [2.05, 4.69) is 24.9 Å². The van der Waals surface area contributed by atoms with Gasteiger partial charge in [-0.1, -0.05) is 50.3 Å². The summed E-state index contributed by atoms with van der Waals surface area (Å²) in [6, 6.07) is 13.9. The molecule has 1 aromatic heterocycles. The van der Waals surface area contributed by atoms with Gasteiger partial charge in [-0.25, -0.2) is 4.99 Å². The van der Waals surface area contributed by atoms with Gasteiger partial charge in [0.05, 0.1) is 5.69 Å². The number of carbonyl (C=O) groups excluding carboxylic acids is 2. The van der Waals surface area contributed by atoms with Crippen LogP contribution >= 0.6 is 12.2 Å². The normalized spacial score (nSPS) is 12.9. The summed E-state index contributed by atoms with van der Waals surface area (Å²) >= 11 is 5.55. The van der Waals surface area contributed by atoms with E-state index >= 15 is 0 Å². The molecule has 2 heterocycles. The van der Waals surface area contributed by atoms with Crippen LogP contribution in [0.5, 0.6) is 0 Å². The molecule has 0 unspecified atom stereocenters. The topological polar surface area (TPSA) is 107 Å². The predicted molar refractivity (Wildman–Crippen MR) is 148 cm³/mol. The summed E-state index contributed by atoms with van der Waals surface area (Å²) in [6.45, 7) is 5.65. The van der Waals surface area contributed by atoms with Crippen LogP contribution in [-0.4, -0.2) is 40.2 Å². The lowest BCUT2D eigenvalue weighted by Gasteiger charge is -2.22. The highest BCUT2D eigenvalue weighted by Crippen LogP contribution is 2.33. The Morgan fingerprint density at radius 3 is 2.44 bits per heavy atom. The summed E-state index contributed by atoms with van der Waals surface area (Å²) in [4.78, 5) is 31.1. The molecule has 0 fully saturated rings. The number of fused-ring (bicyclic) bond motifs is 2. The van der Waals surface area contributed by atoms with Gasteiger partial charge in [-0.05, 0) is 53.6 Å². The van der Waals surface area contributed by atoms with Crippen molar-refractivity contribution in [2.45, 2.75) is 39.7 Å². The molecule has 8 heteroatoms. The van der Waals surface area contributed by atoms with E-state index in [0.29, 0.717) is 22.5 Å². The van der Waals surface area contributed by atoms with E-state index in [4.69, 9.17) is 23.7 Å². The first kappa shape index (κ1) is 25.3. The van der Waals surface area contributed by atoms with E-state index in [9.17, 15) is 9.59 Å². The van der Waals surface area contributed by atoms with Crippen LogP contribution in [-0.2, 0) is 16.1 Å². The summed E-state index contributed by atoms with van der Waals surface area (Å²) < 4.78 is 2.24. The number of amides is 2. The molecule has 36 heavy (non-hydrogen) atoms. The fraction of sp³-hybridized carbons (Fsp3) is 0.286. The van der Waals surface area contributed by atoms with Crippen LogP contribution in [0.3, 0.4) is 0 Å². The molecule has 2 amide bonds. The van der Waals surface area contributed by atoms with Crippen molar-refractivity contribution in [1.29, 1.82) is 0 Å². The molecule has 0 saturated heterocycles. The zero-order chi connectivity index (χ0) is 25.8. The first-order chi connectivity index (χ1) is 17.3. The number of benzene rings is 2. The molecule has 4 rings (SSSR count). The maximum absolute atomic E-state index is 13.2. The second kappa shape index (κ2) is 10.9. The molecule has 0 atom stereocenters. The van der Waals surface area contributed by atoms with Gasteiger partial charge >= 0.3 is 0 Å². The highest BCUT2D eigenvalue weighted by atomic mass is 32.1. The van der Waals surface area contributed by atoms with E-state index in [1.807, 2.05) is 47.4 Å². The van der Waals surface area contributed by atoms with Gasteiger partial charge in [0.25, 0.3) is 0 Å². The van der Waals surface area contributed by atoms with Gasteiger partial charge in [0.1, 0.15) is 17.0 Å². The second-order valence-electron chi connectivity index (χ2n) is 9.03. The van der Waals surface area contributed by atoms with E-state index in [0.717, 1.165) is 59.1 Å². The van der Waals surface area contributed by atoms with E-state index in [-0.39, 0.29) is 12.5 Å². The van der Waals surface area contributed by atoms with Crippen LogP contribution in [0.25, 0.3) is 28.0 Å². The Morgan fingerprint density at radius 1 is 1.06 bits per heavy atom. The lowest BCUT2D eigenvalue weighted by atomic mass is 9.99. The van der Waals surface area contributed by atoms with Crippen molar-refractivity contribution in [2.75, 3.05) is 13.1 Å². The minimum Gasteiger partial charge on any atom is -0.387 e. The molecule has 3 aromatic rings. The minimum atomic E-state index is -0.436. The lowest BCUT2D eigenvalue weighted by molar-refractivity contribution is -0.127. The number of carbonyl (C=O) groups is 2. The number of amidine groups is 1. The summed E-state index contributed by atoms with van der Waals surface area (Å²) in [7, 11) is 0. The highest BCUT2D eigenvalue weighted by Gasteiger charge is 2.21. The zero-order valence-corrected chi connectivity index (χ0v) is 21.5. The average Bonchev–Trinajstić information content (AvgIpc) is 3.02. The van der Waals surface area contributed by atoms with Crippen molar-refractivity contribution in [3.63, 3.8) is 0 Å². The monoisotopic (exact) mass is 501 g/mol. The lowest BCUT2D eigenvalue weighted by Crippen LogP contribution is -2.34. The molecule has 0 spiro atoms. The maximum Gasteiger partial charge on any atom is 0.250 e. The van der Waals surface area contributed by atoms with Crippen molar-refractivity contribution in [1.82, 2.24) is 9.47 Å². The van der Waals surface area contributed by atoms with Crippen LogP contribution in [0.15, 0.2) is 59.2 Å². The number of primary amides is 1. The second-order valence-corrected chi connectivity index (χ2v) is 9.42. The Balaban J connectivity index is 1.70. The van der Waals surface area contributed by atoms with Crippen LogP contribution < -0.4 is 11.5 Å². The fourth-order valence-electron chi connectivity index (χ4n) is 4.53. The van der Waals surface area contributed by atoms with Gasteiger partial charge in [-0.15, -0.1) is 0 Å². The van der Waals surface area contributed by atoms with Crippen molar-refractivity contribution in [2.24, 2.45) is 16.5 Å². The van der Waals surface area contributed by atoms with Crippen molar-refractivity contribution in [3.8, 4) is 11.1 Å². The number of rotatable bonds is 8. The Kier molecular flexibility index (Phi) is 7.64. The third-order valence-electron chi connectivity index (χ3n) is 6.18. The van der Waals surface area contributed by atoms with Crippen LogP contribution in [0.1, 0.15) is 38.7 Å².